The highest BCUT2D eigenvalue weighted by Gasteiger charge is 2.23. The summed E-state index contributed by atoms with van der Waals surface area (Å²) in [5.41, 5.74) is 1.77. The quantitative estimate of drug-likeness (QED) is 0.696. The molecule has 0 radical (unpaired) electrons. The van der Waals surface area contributed by atoms with Crippen molar-refractivity contribution in [3.05, 3.63) is 40.7 Å². The van der Waals surface area contributed by atoms with Crippen LogP contribution in [0.2, 0.25) is 0 Å². The van der Waals surface area contributed by atoms with E-state index in [2.05, 4.69) is 30.3 Å². The lowest BCUT2D eigenvalue weighted by Crippen LogP contribution is -2.25. The monoisotopic (exact) mass is 366 g/mol. The summed E-state index contributed by atoms with van der Waals surface area (Å²) in [7, 11) is 1.17. The Morgan fingerprint density at radius 2 is 2.15 bits per heavy atom. The molecule has 26 heavy (non-hydrogen) atoms. The summed E-state index contributed by atoms with van der Waals surface area (Å²) in [6, 6.07) is 3.70. The van der Waals surface area contributed by atoms with Crippen molar-refractivity contribution < 1.29 is 27.8 Å². The van der Waals surface area contributed by atoms with Gasteiger partial charge in [0.2, 0.25) is 0 Å². The molecule has 0 aliphatic carbocycles. The third kappa shape index (κ3) is 3.64. The molecule has 8 nitrogen and oxygen atoms in total. The van der Waals surface area contributed by atoms with Crippen LogP contribution < -0.4 is 15.4 Å². The summed E-state index contributed by atoms with van der Waals surface area (Å²) in [4.78, 5) is 24.1. The average molecular weight is 366 g/mol. The number of aromatic nitrogens is 2. The molecule has 0 saturated carbocycles. The van der Waals surface area contributed by atoms with Crippen molar-refractivity contribution in [3.63, 3.8) is 0 Å². The fourth-order valence-electron chi connectivity index (χ4n) is 2.66. The van der Waals surface area contributed by atoms with Crippen molar-refractivity contribution in [1.29, 1.82) is 0 Å². The first kappa shape index (κ1) is 17.8. The van der Waals surface area contributed by atoms with E-state index < -0.39 is 18.5 Å². The van der Waals surface area contributed by atoms with Crippen LogP contribution in [-0.2, 0) is 17.7 Å². The highest BCUT2D eigenvalue weighted by atomic mass is 19.3. The number of ether oxygens (including phenoxy) is 2. The lowest BCUT2D eigenvalue weighted by Gasteiger charge is -2.14. The topological polar surface area (TPSA) is 105 Å². The second-order valence-corrected chi connectivity index (χ2v) is 5.49. The first-order valence-corrected chi connectivity index (χ1v) is 7.75. The Labute approximate surface area is 146 Å². The van der Waals surface area contributed by atoms with Gasteiger partial charge < -0.3 is 20.1 Å². The number of fused-ring (bicyclic) bond motifs is 1. The Bertz CT molecular complexity index is 838. The van der Waals surface area contributed by atoms with E-state index >= 15 is 0 Å². The maximum absolute atomic E-state index is 12.7. The standard InChI is InChI=1S/C16H16F2N4O4/c1-25-15(24)8-2-3-11(12(6-8)26-16(17)18)20-14(23)13-9-7-19-5-4-10(9)21-22-13/h2-3,6,16,19H,4-5,7H2,1H3,(H,20,23)(H,21,22). The summed E-state index contributed by atoms with van der Waals surface area (Å²) >= 11 is 0. The molecule has 2 aromatic rings. The van der Waals surface area contributed by atoms with Crippen LogP contribution in [0.15, 0.2) is 18.2 Å². The summed E-state index contributed by atoms with van der Waals surface area (Å²) in [5, 5.41) is 12.4. The van der Waals surface area contributed by atoms with Crippen molar-refractivity contribution in [1.82, 2.24) is 15.5 Å². The van der Waals surface area contributed by atoms with Gasteiger partial charge in [-0.2, -0.15) is 13.9 Å². The van der Waals surface area contributed by atoms with E-state index in [9.17, 15) is 18.4 Å². The molecule has 10 heteroatoms. The molecule has 3 N–H and O–H groups in total. The lowest BCUT2D eigenvalue weighted by molar-refractivity contribution is -0.0494. The second-order valence-electron chi connectivity index (χ2n) is 5.49. The summed E-state index contributed by atoms with van der Waals surface area (Å²) in [6.45, 7) is -1.87. The van der Waals surface area contributed by atoms with Crippen LogP contribution in [0.1, 0.15) is 32.1 Å². The fourth-order valence-corrected chi connectivity index (χ4v) is 2.66. The molecule has 1 aliphatic heterocycles. The molecule has 0 unspecified atom stereocenters. The number of methoxy groups -OCH3 is 1. The molecular formula is C16H16F2N4O4. The summed E-state index contributed by atoms with van der Waals surface area (Å²) in [6.07, 6.45) is 0.711. The van der Waals surface area contributed by atoms with E-state index in [-0.39, 0.29) is 22.7 Å². The molecule has 1 aromatic carbocycles. The zero-order chi connectivity index (χ0) is 18.7. The Balaban J connectivity index is 1.87. The number of halogens is 2. The van der Waals surface area contributed by atoms with E-state index in [1.54, 1.807) is 0 Å². The molecule has 1 aliphatic rings. The fraction of sp³-hybridized carbons (Fsp3) is 0.312. The SMILES string of the molecule is COC(=O)c1ccc(NC(=O)c2n[nH]c3c2CNCC3)c(OC(F)F)c1. The Morgan fingerprint density at radius 1 is 1.35 bits per heavy atom. The van der Waals surface area contributed by atoms with Crippen molar-refractivity contribution >= 4 is 17.6 Å². The number of alkyl halides is 2. The van der Waals surface area contributed by atoms with Crippen molar-refractivity contribution in [2.24, 2.45) is 0 Å². The number of carbonyl (C=O) groups excluding carboxylic acids is 2. The number of amides is 1. The zero-order valence-electron chi connectivity index (χ0n) is 13.8. The first-order chi connectivity index (χ1) is 12.5. The van der Waals surface area contributed by atoms with Gasteiger partial charge in [-0.05, 0) is 18.2 Å². The highest BCUT2D eigenvalue weighted by Crippen LogP contribution is 2.29. The average Bonchev–Trinajstić information content (AvgIpc) is 3.06. The van der Waals surface area contributed by atoms with Crippen LogP contribution in [0.4, 0.5) is 14.5 Å². The number of aromatic amines is 1. The van der Waals surface area contributed by atoms with Gasteiger partial charge in [0, 0.05) is 30.8 Å². The van der Waals surface area contributed by atoms with Crippen LogP contribution in [0.5, 0.6) is 5.75 Å². The van der Waals surface area contributed by atoms with Gasteiger partial charge in [-0.25, -0.2) is 4.79 Å². The van der Waals surface area contributed by atoms with Crippen LogP contribution in [0.25, 0.3) is 0 Å². The largest absolute Gasteiger partial charge is 0.465 e. The van der Waals surface area contributed by atoms with Gasteiger partial charge in [-0.1, -0.05) is 0 Å². The minimum absolute atomic E-state index is 0.0107. The van der Waals surface area contributed by atoms with Crippen LogP contribution in [-0.4, -0.2) is 42.3 Å². The number of anilines is 1. The molecule has 3 rings (SSSR count). The molecular weight excluding hydrogens is 350 g/mol. The minimum atomic E-state index is -3.12. The van der Waals surface area contributed by atoms with Gasteiger partial charge in [-0.15, -0.1) is 0 Å². The molecule has 0 fully saturated rings. The van der Waals surface area contributed by atoms with E-state index in [4.69, 9.17) is 0 Å². The minimum Gasteiger partial charge on any atom is -0.465 e. The summed E-state index contributed by atoms with van der Waals surface area (Å²) < 4.78 is 34.3. The molecule has 1 amide bonds. The van der Waals surface area contributed by atoms with Gasteiger partial charge in [0.05, 0.1) is 18.4 Å². The smallest absolute Gasteiger partial charge is 0.387 e. The van der Waals surface area contributed by atoms with Crippen LogP contribution in [0.3, 0.4) is 0 Å². The van der Waals surface area contributed by atoms with Gasteiger partial charge in [0.25, 0.3) is 5.91 Å². The Morgan fingerprint density at radius 3 is 2.88 bits per heavy atom. The second kappa shape index (κ2) is 7.48. The van der Waals surface area contributed by atoms with Crippen molar-refractivity contribution in [2.45, 2.75) is 19.6 Å². The van der Waals surface area contributed by atoms with Crippen molar-refractivity contribution in [3.8, 4) is 5.75 Å². The third-order valence-electron chi connectivity index (χ3n) is 3.89. The number of rotatable bonds is 5. The van der Waals surface area contributed by atoms with Gasteiger partial charge >= 0.3 is 12.6 Å². The predicted molar refractivity (Wildman–Crippen MR) is 86.4 cm³/mol. The number of esters is 1. The van der Waals surface area contributed by atoms with E-state index in [0.717, 1.165) is 23.9 Å². The first-order valence-electron chi connectivity index (χ1n) is 7.75. The normalized spacial score (nSPS) is 13.2. The predicted octanol–water partition coefficient (Wildman–Crippen LogP) is 1.70. The number of nitrogens with one attached hydrogen (secondary N) is 3. The number of H-pyrrole nitrogens is 1. The maximum Gasteiger partial charge on any atom is 0.387 e. The third-order valence-corrected chi connectivity index (χ3v) is 3.89. The molecule has 138 valence electrons. The van der Waals surface area contributed by atoms with Crippen molar-refractivity contribution in [2.75, 3.05) is 19.0 Å². The number of hydrogen-bond donors (Lipinski definition) is 3. The van der Waals surface area contributed by atoms with Gasteiger partial charge in [-0.3, -0.25) is 9.89 Å². The summed E-state index contributed by atoms with van der Waals surface area (Å²) in [5.74, 6) is -1.63. The number of carbonyl (C=O) groups is 2. The van der Waals surface area contributed by atoms with Gasteiger partial charge in [0.1, 0.15) is 5.75 Å². The molecule has 0 saturated heterocycles. The molecule has 0 atom stereocenters. The lowest BCUT2D eigenvalue weighted by atomic mass is 10.1. The van der Waals surface area contributed by atoms with E-state index in [0.29, 0.717) is 13.0 Å². The Kier molecular flexibility index (Phi) is 5.12. The number of hydrogen-bond acceptors (Lipinski definition) is 6. The zero-order valence-corrected chi connectivity index (χ0v) is 13.8. The maximum atomic E-state index is 12.7. The molecule has 0 bridgehead atoms. The van der Waals surface area contributed by atoms with Gasteiger partial charge in [0.15, 0.2) is 5.69 Å². The molecule has 2 heterocycles. The number of benzene rings is 1. The molecule has 0 spiro atoms. The highest BCUT2D eigenvalue weighted by molar-refractivity contribution is 6.05. The van der Waals surface area contributed by atoms with E-state index in [1.807, 2.05) is 0 Å². The van der Waals surface area contributed by atoms with Crippen LogP contribution >= 0.6 is 0 Å². The van der Waals surface area contributed by atoms with E-state index in [1.165, 1.54) is 19.2 Å². The molecule has 1 aromatic heterocycles. The Hall–Kier alpha value is -3.01. The number of nitrogens with zero attached hydrogens (tertiary/aromatic N) is 1. The van der Waals surface area contributed by atoms with Crippen LogP contribution in [0, 0.1) is 0 Å².